The highest BCUT2D eigenvalue weighted by atomic mass is 16.8. The van der Waals surface area contributed by atoms with E-state index in [-0.39, 0.29) is 35.8 Å². The van der Waals surface area contributed by atoms with E-state index in [4.69, 9.17) is 18.9 Å². The molecule has 5 heteroatoms. The lowest BCUT2D eigenvalue weighted by Crippen LogP contribution is -2.53. The number of carbonyl (C=O) groups is 1. The second-order valence-electron chi connectivity index (χ2n) is 10.2. The van der Waals surface area contributed by atoms with Crippen molar-refractivity contribution >= 4 is 5.97 Å². The molecule has 2 saturated heterocycles. The molecule has 3 aliphatic carbocycles. The van der Waals surface area contributed by atoms with Gasteiger partial charge in [-0.15, -0.1) is 0 Å². The largest absolute Gasteiger partial charge is 0.463 e. The van der Waals surface area contributed by atoms with Gasteiger partial charge in [-0.25, -0.2) is 0 Å². The van der Waals surface area contributed by atoms with E-state index in [1.807, 2.05) is 13.8 Å². The molecule has 0 aromatic heterocycles. The highest BCUT2D eigenvalue weighted by Crippen LogP contribution is 2.61. The number of hydrogen-bond donors (Lipinski definition) is 0. The van der Waals surface area contributed by atoms with E-state index < -0.39 is 5.79 Å². The third kappa shape index (κ3) is 2.65. The van der Waals surface area contributed by atoms with Gasteiger partial charge in [0.15, 0.2) is 5.79 Å². The zero-order valence-electron chi connectivity index (χ0n) is 17.1. The van der Waals surface area contributed by atoms with Gasteiger partial charge in [-0.2, -0.15) is 0 Å². The summed E-state index contributed by atoms with van der Waals surface area (Å²) in [7, 11) is 0. The summed E-state index contributed by atoms with van der Waals surface area (Å²) in [4.78, 5) is 11.5. The molecule has 7 atom stereocenters. The second kappa shape index (κ2) is 5.80. The summed E-state index contributed by atoms with van der Waals surface area (Å²) in [6.45, 7) is 11.0. The van der Waals surface area contributed by atoms with Gasteiger partial charge in [-0.3, -0.25) is 4.79 Å². The molecule has 0 amide bonds. The minimum Gasteiger partial charge on any atom is -0.463 e. The van der Waals surface area contributed by atoms with Gasteiger partial charge in [0, 0.05) is 18.3 Å². The SMILES string of the molecule is CC(=O)O[C@@H]1CC[C@H]2C3=C([C@@H]4OC(C)(C)O[C@@H]4[C@@H]2C1)C(C)(C)[C@H]1C[C@@H]3CO1. The van der Waals surface area contributed by atoms with Crippen molar-refractivity contribution in [3.8, 4) is 0 Å². The summed E-state index contributed by atoms with van der Waals surface area (Å²) < 4.78 is 24.8. The first-order chi connectivity index (χ1) is 12.7. The Hall–Kier alpha value is -0.910. The molecule has 5 aliphatic rings. The Morgan fingerprint density at radius 1 is 1.11 bits per heavy atom. The first-order valence-corrected chi connectivity index (χ1v) is 10.6. The first-order valence-electron chi connectivity index (χ1n) is 10.6. The molecule has 2 aliphatic heterocycles. The molecule has 0 aromatic rings. The van der Waals surface area contributed by atoms with Crippen LogP contribution in [0.2, 0.25) is 0 Å². The smallest absolute Gasteiger partial charge is 0.302 e. The van der Waals surface area contributed by atoms with Crippen LogP contribution < -0.4 is 0 Å². The molecular weight excluding hydrogens is 344 g/mol. The Morgan fingerprint density at radius 3 is 2.63 bits per heavy atom. The third-order valence-electron chi connectivity index (χ3n) is 7.67. The molecule has 0 aromatic carbocycles. The average Bonchev–Trinajstić information content (AvgIpc) is 3.14. The van der Waals surface area contributed by atoms with Gasteiger partial charge >= 0.3 is 5.97 Å². The van der Waals surface area contributed by atoms with Crippen molar-refractivity contribution < 1.29 is 23.7 Å². The van der Waals surface area contributed by atoms with Gasteiger partial charge in [0.05, 0.1) is 18.8 Å². The molecule has 0 radical (unpaired) electrons. The molecule has 5 nitrogen and oxygen atoms in total. The minimum absolute atomic E-state index is 0.00281. The summed E-state index contributed by atoms with van der Waals surface area (Å²) in [6, 6.07) is 0. The predicted octanol–water partition coefficient (Wildman–Crippen LogP) is 3.61. The van der Waals surface area contributed by atoms with E-state index >= 15 is 0 Å². The van der Waals surface area contributed by atoms with Gasteiger partial charge in [0.1, 0.15) is 12.2 Å². The fourth-order valence-corrected chi connectivity index (χ4v) is 6.73. The lowest BCUT2D eigenvalue weighted by Gasteiger charge is -2.52. The van der Waals surface area contributed by atoms with E-state index in [2.05, 4.69) is 13.8 Å². The van der Waals surface area contributed by atoms with Gasteiger partial charge < -0.3 is 18.9 Å². The minimum atomic E-state index is -0.579. The van der Waals surface area contributed by atoms with Gasteiger partial charge in [-0.1, -0.05) is 19.4 Å². The Balaban J connectivity index is 1.58. The van der Waals surface area contributed by atoms with Crippen LogP contribution >= 0.6 is 0 Å². The molecule has 0 N–H and O–H groups in total. The van der Waals surface area contributed by atoms with Crippen LogP contribution in [0.3, 0.4) is 0 Å². The molecule has 27 heavy (non-hydrogen) atoms. The van der Waals surface area contributed by atoms with E-state index in [1.54, 1.807) is 5.57 Å². The second-order valence-corrected chi connectivity index (χ2v) is 10.2. The number of fused-ring (bicyclic) bond motifs is 8. The normalized spacial score (nSPS) is 46.5. The van der Waals surface area contributed by atoms with Gasteiger partial charge in [0.25, 0.3) is 0 Å². The third-order valence-corrected chi connectivity index (χ3v) is 7.67. The van der Waals surface area contributed by atoms with Crippen molar-refractivity contribution in [2.75, 3.05) is 6.61 Å². The van der Waals surface area contributed by atoms with Crippen molar-refractivity contribution in [3.05, 3.63) is 11.1 Å². The van der Waals surface area contributed by atoms with Crippen LogP contribution in [0.4, 0.5) is 0 Å². The zero-order chi connectivity index (χ0) is 19.1. The number of hydrogen-bond acceptors (Lipinski definition) is 5. The maximum absolute atomic E-state index is 11.5. The maximum Gasteiger partial charge on any atom is 0.302 e. The Kier molecular flexibility index (Phi) is 3.90. The molecule has 2 heterocycles. The number of rotatable bonds is 1. The Bertz CT molecular complexity index is 693. The molecule has 2 bridgehead atoms. The van der Waals surface area contributed by atoms with E-state index in [0.717, 1.165) is 32.3 Å². The monoisotopic (exact) mass is 376 g/mol. The maximum atomic E-state index is 11.5. The quantitative estimate of drug-likeness (QED) is 0.517. The number of esters is 1. The van der Waals surface area contributed by atoms with Crippen molar-refractivity contribution in [1.82, 2.24) is 0 Å². The van der Waals surface area contributed by atoms with Crippen LogP contribution in [-0.4, -0.2) is 42.8 Å². The molecule has 3 fully saturated rings. The lowest BCUT2D eigenvalue weighted by atomic mass is 9.55. The number of carbonyl (C=O) groups excluding carboxylic acids is 1. The van der Waals surface area contributed by atoms with Crippen LogP contribution in [0.25, 0.3) is 0 Å². The molecular formula is C22H32O5. The summed E-state index contributed by atoms with van der Waals surface area (Å²) in [6.07, 6.45) is 4.32. The Morgan fingerprint density at radius 2 is 1.89 bits per heavy atom. The van der Waals surface area contributed by atoms with Crippen LogP contribution in [0, 0.1) is 23.2 Å². The van der Waals surface area contributed by atoms with Gasteiger partial charge in [-0.05, 0) is 56.9 Å². The van der Waals surface area contributed by atoms with E-state index in [9.17, 15) is 4.79 Å². The lowest BCUT2D eigenvalue weighted by molar-refractivity contribution is -0.159. The molecule has 0 unspecified atom stereocenters. The fraction of sp³-hybridized carbons (Fsp3) is 0.864. The molecule has 0 spiro atoms. The van der Waals surface area contributed by atoms with Crippen LogP contribution in [0.5, 0.6) is 0 Å². The van der Waals surface area contributed by atoms with Crippen molar-refractivity contribution in [2.24, 2.45) is 23.2 Å². The van der Waals surface area contributed by atoms with E-state index in [1.165, 1.54) is 12.5 Å². The first kappa shape index (κ1) is 18.1. The topological polar surface area (TPSA) is 54.0 Å². The fourth-order valence-electron chi connectivity index (χ4n) is 6.73. The summed E-state index contributed by atoms with van der Waals surface area (Å²) in [5.41, 5.74) is 3.04. The molecule has 1 saturated carbocycles. The average molecular weight is 376 g/mol. The number of ether oxygens (including phenoxy) is 4. The summed E-state index contributed by atoms with van der Waals surface area (Å²) in [5.74, 6) is 0.605. The summed E-state index contributed by atoms with van der Waals surface area (Å²) >= 11 is 0. The van der Waals surface area contributed by atoms with Crippen molar-refractivity contribution in [2.45, 2.75) is 90.5 Å². The van der Waals surface area contributed by atoms with Crippen LogP contribution in [0.15, 0.2) is 11.1 Å². The van der Waals surface area contributed by atoms with Crippen molar-refractivity contribution in [1.29, 1.82) is 0 Å². The Labute approximate surface area is 161 Å². The highest BCUT2D eigenvalue weighted by Gasteiger charge is 2.61. The zero-order valence-corrected chi connectivity index (χ0v) is 17.1. The predicted molar refractivity (Wildman–Crippen MR) is 98.9 cm³/mol. The highest BCUT2D eigenvalue weighted by molar-refractivity contribution is 5.66. The van der Waals surface area contributed by atoms with Crippen molar-refractivity contribution in [3.63, 3.8) is 0 Å². The summed E-state index contributed by atoms with van der Waals surface area (Å²) in [5, 5.41) is 0. The molecule has 150 valence electrons. The standard InChI is InChI=1S/C22H32O5/c1-11(23)25-13-6-7-14-15(9-13)19-20(27-22(4,5)26-19)18-17(14)12-8-16(24-10-12)21(18,2)3/h12-16,19-20H,6-10H2,1-5H3/t12-,13-,14-,15-,16-,19-,20+/m1/s1. The van der Waals surface area contributed by atoms with E-state index in [0.29, 0.717) is 17.8 Å². The van der Waals surface area contributed by atoms with Crippen LogP contribution in [-0.2, 0) is 23.7 Å². The molecule has 5 rings (SSSR count). The van der Waals surface area contributed by atoms with Crippen LogP contribution in [0.1, 0.15) is 60.3 Å². The van der Waals surface area contributed by atoms with Gasteiger partial charge in [0.2, 0.25) is 0 Å².